The number of Topliss-reactive ketones (excluding diaryl/α,β-unsaturated/α-hetero) is 1. The van der Waals surface area contributed by atoms with Gasteiger partial charge in [0.15, 0.2) is 10.9 Å². The first-order chi connectivity index (χ1) is 30.9. The zero-order valence-electron chi connectivity index (χ0n) is 37.1. The van der Waals surface area contributed by atoms with Gasteiger partial charge < -0.3 is 44.3 Å². The molecule has 14 nitrogen and oxygen atoms in total. The minimum atomic E-state index is -0.889. The van der Waals surface area contributed by atoms with Crippen molar-refractivity contribution in [1.29, 1.82) is 0 Å². The Kier molecular flexibility index (Phi) is 13.1. The summed E-state index contributed by atoms with van der Waals surface area (Å²) in [6, 6.07) is 2.48. The summed E-state index contributed by atoms with van der Waals surface area (Å²) in [6.07, 6.45) is 6.99. The Labute approximate surface area is 370 Å². The fourth-order valence-electron chi connectivity index (χ4n) is 11.1. The molecule has 0 amide bonds. The Morgan fingerprint density at radius 2 is 1.22 bits per heavy atom. The third-order valence-corrected chi connectivity index (χ3v) is 14.1. The summed E-state index contributed by atoms with van der Waals surface area (Å²) in [4.78, 5) is 69.0. The van der Waals surface area contributed by atoms with Gasteiger partial charge in [0.1, 0.15) is 30.5 Å². The largest absolute Gasteiger partial charge is 0.507 e. The summed E-state index contributed by atoms with van der Waals surface area (Å²) in [6.45, 7) is 3.22. The molecule has 3 aliphatic rings. The van der Waals surface area contributed by atoms with Gasteiger partial charge in [0.05, 0.1) is 67.8 Å². The van der Waals surface area contributed by atoms with Gasteiger partial charge in [-0.3, -0.25) is 24.0 Å². The van der Waals surface area contributed by atoms with Crippen LogP contribution in [0, 0.1) is 17.8 Å². The van der Waals surface area contributed by atoms with E-state index in [0.29, 0.717) is 131 Å². The number of fused-ring (bicyclic) bond motifs is 1. The van der Waals surface area contributed by atoms with E-state index in [9.17, 15) is 39.3 Å². The van der Waals surface area contributed by atoms with Gasteiger partial charge in [-0.05, 0) is 128 Å². The number of phenols is 1. The van der Waals surface area contributed by atoms with Crippen molar-refractivity contribution in [3.05, 3.63) is 66.0 Å². The number of phenolic OH excluding ortho intramolecular Hbond substituents is 1. The number of aliphatic hydroxyl groups is 2. The molecule has 5 aromatic rings. The summed E-state index contributed by atoms with van der Waals surface area (Å²) in [5, 5.41) is 41.1. The van der Waals surface area contributed by atoms with Gasteiger partial charge in [-0.2, -0.15) is 0 Å². The number of hydrogen-bond acceptors (Lipinski definition) is 14. The Bertz CT molecular complexity index is 2780. The fourth-order valence-corrected chi connectivity index (χ4v) is 11.1. The van der Waals surface area contributed by atoms with Crippen molar-refractivity contribution >= 4 is 72.6 Å². The van der Waals surface area contributed by atoms with Crippen molar-refractivity contribution in [3.63, 3.8) is 0 Å². The number of allylic oxidation sites excluding steroid dienone is 1. The molecule has 64 heavy (non-hydrogen) atoms. The molecule has 3 aliphatic carbocycles. The van der Waals surface area contributed by atoms with E-state index in [2.05, 4.69) is 5.32 Å². The molecule has 4 N–H and O–H groups in total. The predicted octanol–water partition coefficient (Wildman–Crippen LogP) is 6.38. The average molecular weight is 880 g/mol. The minimum absolute atomic E-state index is 0.0229. The zero-order chi connectivity index (χ0) is 45.6. The highest BCUT2D eigenvalue weighted by Gasteiger charge is 2.39. The number of rotatable bonds is 16. The van der Waals surface area contributed by atoms with Crippen LogP contribution in [0.5, 0.6) is 11.5 Å². The molecular weight excluding hydrogens is 823 g/mol. The summed E-state index contributed by atoms with van der Waals surface area (Å²) >= 11 is 0. The third-order valence-electron chi connectivity index (χ3n) is 14.1. The lowest BCUT2D eigenvalue weighted by atomic mass is 9.76. The maximum atomic E-state index is 14.7. The van der Waals surface area contributed by atoms with E-state index in [1.54, 1.807) is 14.2 Å². The number of benzene rings is 5. The zero-order valence-corrected chi connectivity index (χ0v) is 37.1. The molecule has 0 heterocycles. The monoisotopic (exact) mass is 879 g/mol. The molecular formula is C50H57NO13. The van der Waals surface area contributed by atoms with Crippen LogP contribution in [0.3, 0.4) is 0 Å². The SMILES string of the molecule is COCCOC(=O)C1CCC(Cc2c(O)c3c(=O)cc(CO)c4c5c(CO)cc(=O)c6c(NC7CCC(C(=O)OCCOC)CC7)c(OC)c7c(c(c2C=C(C)C7C(C)=O)c34)c65)CC1. The topological polar surface area (TPSA) is 204 Å². The molecule has 0 saturated heterocycles. The molecule has 2 saturated carbocycles. The van der Waals surface area contributed by atoms with E-state index in [1.165, 1.54) is 26.2 Å². The molecule has 0 radical (unpaired) electrons. The van der Waals surface area contributed by atoms with Crippen LogP contribution in [0.4, 0.5) is 5.69 Å². The van der Waals surface area contributed by atoms with Crippen LogP contribution >= 0.6 is 0 Å². The highest BCUT2D eigenvalue weighted by molar-refractivity contribution is 6.39. The minimum Gasteiger partial charge on any atom is -0.507 e. The number of ether oxygens (including phenoxy) is 5. The number of carbonyl (C=O) groups is 3. The highest BCUT2D eigenvalue weighted by atomic mass is 16.6. The normalized spacial score (nSPS) is 21.1. The molecule has 5 aromatic carbocycles. The van der Waals surface area contributed by atoms with Gasteiger partial charge in [0, 0.05) is 42.2 Å². The molecule has 0 spiro atoms. The van der Waals surface area contributed by atoms with Crippen LogP contribution in [-0.2, 0) is 53.0 Å². The summed E-state index contributed by atoms with van der Waals surface area (Å²) in [5.41, 5.74) is 2.24. The van der Waals surface area contributed by atoms with Gasteiger partial charge in [0.2, 0.25) is 0 Å². The number of aromatic hydroxyl groups is 1. The Hall–Kier alpha value is -5.41. The van der Waals surface area contributed by atoms with Crippen molar-refractivity contribution < 1.29 is 53.4 Å². The van der Waals surface area contributed by atoms with Crippen LogP contribution in [-0.4, -0.2) is 86.8 Å². The molecule has 2 fully saturated rings. The van der Waals surface area contributed by atoms with Crippen LogP contribution in [0.15, 0.2) is 27.3 Å². The third kappa shape index (κ3) is 7.71. The highest BCUT2D eigenvalue weighted by Crippen LogP contribution is 2.56. The van der Waals surface area contributed by atoms with Gasteiger partial charge in [-0.1, -0.05) is 11.6 Å². The number of aliphatic hydroxyl groups excluding tert-OH is 2. The lowest BCUT2D eigenvalue weighted by molar-refractivity contribution is -0.151. The first-order valence-electron chi connectivity index (χ1n) is 22.3. The van der Waals surface area contributed by atoms with Crippen LogP contribution < -0.4 is 20.9 Å². The number of ketones is 1. The first kappa shape index (κ1) is 45.2. The number of methoxy groups -OCH3 is 3. The van der Waals surface area contributed by atoms with E-state index >= 15 is 0 Å². The van der Waals surface area contributed by atoms with Crippen molar-refractivity contribution in [3.8, 4) is 11.5 Å². The standard InChI is InChI=1S/C50H57NO13/c1-24-18-32-33(19-26-6-8-27(9-7-26)49(58)63-16-14-60-3)47(57)41-35(56)21-30(23-53)37-38-29(22-52)20-34(55)40-43(38)44(39(32)42(37)41)45(36(24)25(2)54)48(62-5)46(40)51-31-12-10-28(11-13-31)50(59)64-17-15-61-4/h18,20-21,26-28,31,36,51-53,57H,6-17,19,22-23H2,1-5H3. The molecule has 8 rings (SSSR count). The van der Waals surface area contributed by atoms with Gasteiger partial charge in [0.25, 0.3) is 0 Å². The fraction of sp³-hybridized carbons (Fsp3) is 0.500. The molecule has 14 heteroatoms. The van der Waals surface area contributed by atoms with Crippen molar-refractivity contribution in [2.45, 2.75) is 96.8 Å². The maximum Gasteiger partial charge on any atom is 0.309 e. The van der Waals surface area contributed by atoms with Crippen LogP contribution in [0.25, 0.3) is 49.2 Å². The van der Waals surface area contributed by atoms with E-state index in [4.69, 9.17) is 23.7 Å². The van der Waals surface area contributed by atoms with E-state index in [-0.39, 0.29) is 88.1 Å². The van der Waals surface area contributed by atoms with Crippen LogP contribution in [0.1, 0.15) is 98.9 Å². The maximum absolute atomic E-state index is 14.7. The number of carbonyl (C=O) groups excluding carboxylic acids is 3. The van der Waals surface area contributed by atoms with E-state index < -0.39 is 30.0 Å². The second kappa shape index (κ2) is 18.6. The lowest BCUT2D eigenvalue weighted by Gasteiger charge is -2.32. The Balaban J connectivity index is 1.38. The van der Waals surface area contributed by atoms with Crippen molar-refractivity contribution in [2.75, 3.05) is 53.1 Å². The molecule has 0 bridgehead atoms. The van der Waals surface area contributed by atoms with Gasteiger partial charge >= 0.3 is 11.9 Å². The second-order valence-electron chi connectivity index (χ2n) is 17.8. The van der Waals surface area contributed by atoms with Gasteiger partial charge in [-0.25, -0.2) is 0 Å². The van der Waals surface area contributed by atoms with E-state index in [1.807, 2.05) is 13.0 Å². The number of hydrogen-bond donors (Lipinski definition) is 4. The quantitative estimate of drug-likeness (QED) is 0.0368. The summed E-state index contributed by atoms with van der Waals surface area (Å²) < 4.78 is 27.3. The predicted molar refractivity (Wildman–Crippen MR) is 243 cm³/mol. The number of anilines is 1. The van der Waals surface area contributed by atoms with Crippen molar-refractivity contribution in [1.82, 2.24) is 0 Å². The molecule has 1 atom stereocenters. The Morgan fingerprint density at radius 3 is 1.73 bits per heavy atom. The lowest BCUT2D eigenvalue weighted by Crippen LogP contribution is -2.31. The average Bonchev–Trinajstić information content (AvgIpc) is 3.42. The molecule has 340 valence electrons. The second-order valence-corrected chi connectivity index (χ2v) is 17.8. The summed E-state index contributed by atoms with van der Waals surface area (Å²) in [5.74, 6) is -2.08. The first-order valence-corrected chi connectivity index (χ1v) is 22.3. The van der Waals surface area contributed by atoms with Crippen LogP contribution in [0.2, 0.25) is 0 Å². The smallest absolute Gasteiger partial charge is 0.309 e. The molecule has 0 aliphatic heterocycles. The Morgan fingerprint density at radius 1 is 0.688 bits per heavy atom. The molecule has 1 unspecified atom stereocenters. The number of nitrogens with one attached hydrogen (secondary N) is 1. The van der Waals surface area contributed by atoms with Crippen molar-refractivity contribution in [2.24, 2.45) is 17.8 Å². The number of esters is 2. The van der Waals surface area contributed by atoms with E-state index in [0.717, 1.165) is 0 Å². The summed E-state index contributed by atoms with van der Waals surface area (Å²) in [7, 11) is 4.58. The molecule has 0 aromatic heterocycles. The van der Waals surface area contributed by atoms with Gasteiger partial charge in [-0.15, -0.1) is 0 Å².